The lowest BCUT2D eigenvalue weighted by Gasteiger charge is -2.39. The molecular weight excluding hydrogens is 509 g/mol. The van der Waals surface area contributed by atoms with Gasteiger partial charge in [-0.2, -0.15) is 0 Å². The zero-order chi connectivity index (χ0) is 28.0. The van der Waals surface area contributed by atoms with Gasteiger partial charge in [0.05, 0.1) is 0 Å². The summed E-state index contributed by atoms with van der Waals surface area (Å²) in [5, 5.41) is 2.65. The van der Waals surface area contributed by atoms with Gasteiger partial charge in [0.2, 0.25) is 5.91 Å². The van der Waals surface area contributed by atoms with Crippen LogP contribution < -0.4 is 10.1 Å². The second kappa shape index (κ2) is 12.2. The topological polar surface area (TPSA) is 65.1 Å². The third kappa shape index (κ3) is 7.73. The molecule has 1 atom stereocenters. The Bertz CT molecular complexity index is 1280. The van der Waals surface area contributed by atoms with Crippen LogP contribution in [-0.4, -0.2) is 66.2 Å². The van der Waals surface area contributed by atoms with Crippen molar-refractivity contribution in [2.45, 2.75) is 31.9 Å². The maximum atomic E-state index is 14.0. The van der Waals surface area contributed by atoms with Crippen molar-refractivity contribution < 1.29 is 27.5 Å². The highest BCUT2D eigenvalue weighted by Gasteiger charge is 2.37. The van der Waals surface area contributed by atoms with E-state index < -0.39 is 24.2 Å². The van der Waals surface area contributed by atoms with Gasteiger partial charge < -0.3 is 24.8 Å². The van der Waals surface area contributed by atoms with Crippen molar-refractivity contribution in [1.29, 1.82) is 0 Å². The number of hydrogen-bond acceptors (Lipinski definition) is 4. The third-order valence-corrected chi connectivity index (χ3v) is 6.46. The number of likely N-dealkylation sites (N-methyl/N-ethyl adjacent to an activating group) is 1. The molecule has 0 aromatic heterocycles. The van der Waals surface area contributed by atoms with Crippen LogP contribution >= 0.6 is 0 Å². The number of nitrogens with one attached hydrogen (secondary N) is 1. The van der Waals surface area contributed by atoms with E-state index in [2.05, 4.69) is 10.1 Å². The SMILES string of the molecule is CN(C)CCN(Cc1ccccc1)C(=O)[C@@H]1Cc2ccccc2CN1C(=O)Nc1cccc(OC(F)(F)F)c1. The monoisotopic (exact) mass is 540 g/mol. The number of halogens is 3. The molecule has 0 fully saturated rings. The molecule has 206 valence electrons. The summed E-state index contributed by atoms with van der Waals surface area (Å²) in [6, 6.07) is 21.0. The molecule has 4 rings (SSSR count). The van der Waals surface area contributed by atoms with Gasteiger partial charge >= 0.3 is 12.4 Å². The van der Waals surface area contributed by atoms with Crippen LogP contribution in [0.1, 0.15) is 16.7 Å². The number of carbonyl (C=O) groups excluding carboxylic acids is 2. The van der Waals surface area contributed by atoms with Crippen molar-refractivity contribution in [2.24, 2.45) is 0 Å². The predicted octanol–water partition coefficient (Wildman–Crippen LogP) is 5.13. The highest BCUT2D eigenvalue weighted by molar-refractivity contribution is 5.94. The van der Waals surface area contributed by atoms with Crippen LogP contribution in [0.15, 0.2) is 78.9 Å². The number of carbonyl (C=O) groups is 2. The van der Waals surface area contributed by atoms with E-state index in [0.717, 1.165) is 28.8 Å². The normalized spacial score (nSPS) is 15.0. The van der Waals surface area contributed by atoms with Crippen molar-refractivity contribution in [3.8, 4) is 5.75 Å². The fraction of sp³-hybridized carbons (Fsp3) is 0.310. The van der Waals surface area contributed by atoms with E-state index in [9.17, 15) is 22.8 Å². The smallest absolute Gasteiger partial charge is 0.406 e. The van der Waals surface area contributed by atoms with Crippen molar-refractivity contribution >= 4 is 17.6 Å². The van der Waals surface area contributed by atoms with Gasteiger partial charge in [0.1, 0.15) is 11.8 Å². The molecule has 0 radical (unpaired) electrons. The molecule has 1 aliphatic heterocycles. The molecule has 1 aliphatic rings. The zero-order valence-corrected chi connectivity index (χ0v) is 21.8. The Morgan fingerprint density at radius 3 is 2.33 bits per heavy atom. The van der Waals surface area contributed by atoms with Crippen LogP contribution in [0.3, 0.4) is 0 Å². The number of rotatable bonds is 8. The van der Waals surface area contributed by atoms with E-state index in [4.69, 9.17) is 0 Å². The molecule has 39 heavy (non-hydrogen) atoms. The van der Waals surface area contributed by atoms with E-state index in [1.165, 1.54) is 17.0 Å². The molecule has 0 saturated heterocycles. The van der Waals surface area contributed by atoms with Gasteiger partial charge in [-0.1, -0.05) is 60.7 Å². The van der Waals surface area contributed by atoms with Gasteiger partial charge in [-0.25, -0.2) is 4.79 Å². The molecule has 0 spiro atoms. The summed E-state index contributed by atoms with van der Waals surface area (Å²) in [7, 11) is 3.86. The molecule has 0 saturated carbocycles. The lowest BCUT2D eigenvalue weighted by molar-refractivity contribution is -0.274. The molecule has 3 aromatic rings. The van der Waals surface area contributed by atoms with Gasteiger partial charge in [-0.3, -0.25) is 4.79 Å². The van der Waals surface area contributed by atoms with E-state index in [0.29, 0.717) is 26.1 Å². The summed E-state index contributed by atoms with van der Waals surface area (Å²) in [6.45, 7) is 1.67. The van der Waals surface area contributed by atoms with E-state index in [-0.39, 0.29) is 18.1 Å². The standard InChI is InChI=1S/C29H31F3N4O3/c1-34(2)15-16-35(19-21-9-4-3-5-10-21)27(37)26-17-22-11-6-7-12-23(22)20-36(26)28(38)33-24-13-8-14-25(18-24)39-29(30,31)32/h3-14,18,26H,15-17,19-20H2,1-2H3,(H,33,38)/t26-/m0/s1. The molecule has 3 amide bonds. The first-order valence-electron chi connectivity index (χ1n) is 12.6. The molecule has 7 nitrogen and oxygen atoms in total. The number of hydrogen-bond donors (Lipinski definition) is 1. The summed E-state index contributed by atoms with van der Waals surface area (Å²) in [5.41, 5.74) is 2.99. The van der Waals surface area contributed by atoms with Crippen molar-refractivity contribution in [1.82, 2.24) is 14.7 Å². The number of nitrogens with zero attached hydrogens (tertiary/aromatic N) is 3. The Hall–Kier alpha value is -4.05. The molecule has 10 heteroatoms. The molecule has 0 unspecified atom stereocenters. The van der Waals surface area contributed by atoms with Crippen molar-refractivity contribution in [2.75, 3.05) is 32.5 Å². The summed E-state index contributed by atoms with van der Waals surface area (Å²) < 4.78 is 42.0. The van der Waals surface area contributed by atoms with E-state index in [1.54, 1.807) is 4.90 Å². The highest BCUT2D eigenvalue weighted by atomic mass is 19.4. The highest BCUT2D eigenvalue weighted by Crippen LogP contribution is 2.28. The van der Waals surface area contributed by atoms with Crippen molar-refractivity contribution in [3.63, 3.8) is 0 Å². The van der Waals surface area contributed by atoms with Gasteiger partial charge in [-0.15, -0.1) is 13.2 Å². The number of amides is 3. The Balaban J connectivity index is 1.60. The number of urea groups is 1. The summed E-state index contributed by atoms with van der Waals surface area (Å²) in [6.07, 6.45) is -4.53. The number of alkyl halides is 3. The van der Waals surface area contributed by atoms with Crippen LogP contribution in [-0.2, 0) is 24.3 Å². The Morgan fingerprint density at radius 2 is 1.64 bits per heavy atom. The maximum absolute atomic E-state index is 14.0. The number of ether oxygens (including phenoxy) is 1. The largest absolute Gasteiger partial charge is 0.573 e. The van der Waals surface area contributed by atoms with Crippen LogP contribution in [0.25, 0.3) is 0 Å². The molecule has 3 aromatic carbocycles. The lowest BCUT2D eigenvalue weighted by atomic mass is 9.93. The van der Waals surface area contributed by atoms with Crippen LogP contribution in [0.4, 0.5) is 23.7 Å². The first kappa shape index (κ1) is 28.0. The van der Waals surface area contributed by atoms with E-state index >= 15 is 0 Å². The quantitative estimate of drug-likeness (QED) is 0.430. The summed E-state index contributed by atoms with van der Waals surface area (Å²) >= 11 is 0. The Kier molecular flexibility index (Phi) is 8.75. The fourth-order valence-corrected chi connectivity index (χ4v) is 4.53. The molecule has 1 heterocycles. The lowest BCUT2D eigenvalue weighted by Crippen LogP contribution is -2.55. The average Bonchev–Trinajstić information content (AvgIpc) is 2.89. The van der Waals surface area contributed by atoms with Gasteiger partial charge in [0.25, 0.3) is 0 Å². The zero-order valence-electron chi connectivity index (χ0n) is 21.8. The molecular formula is C29H31F3N4O3. The number of benzene rings is 3. The minimum atomic E-state index is -4.86. The van der Waals surface area contributed by atoms with E-state index in [1.807, 2.05) is 73.6 Å². The Morgan fingerprint density at radius 1 is 0.949 bits per heavy atom. The van der Waals surface area contributed by atoms with Crippen LogP contribution in [0, 0.1) is 0 Å². The second-order valence-electron chi connectivity index (χ2n) is 9.67. The van der Waals surface area contributed by atoms with Crippen molar-refractivity contribution in [3.05, 3.63) is 95.6 Å². The summed E-state index contributed by atoms with van der Waals surface area (Å²) in [4.78, 5) is 32.8. The first-order valence-corrected chi connectivity index (χ1v) is 12.6. The van der Waals surface area contributed by atoms with Gasteiger partial charge in [-0.05, 0) is 42.9 Å². The van der Waals surface area contributed by atoms with Gasteiger partial charge in [0, 0.05) is 44.4 Å². The fourth-order valence-electron chi connectivity index (χ4n) is 4.53. The molecule has 1 N–H and O–H groups in total. The minimum Gasteiger partial charge on any atom is -0.406 e. The van der Waals surface area contributed by atoms with Crippen LogP contribution in [0.2, 0.25) is 0 Å². The van der Waals surface area contributed by atoms with Crippen LogP contribution in [0.5, 0.6) is 5.75 Å². The second-order valence-corrected chi connectivity index (χ2v) is 9.67. The minimum absolute atomic E-state index is 0.126. The molecule has 0 bridgehead atoms. The predicted molar refractivity (Wildman–Crippen MR) is 142 cm³/mol. The van der Waals surface area contributed by atoms with Gasteiger partial charge in [0.15, 0.2) is 0 Å². The third-order valence-electron chi connectivity index (χ3n) is 6.46. The Labute approximate surface area is 225 Å². The number of anilines is 1. The maximum Gasteiger partial charge on any atom is 0.573 e. The number of fused-ring (bicyclic) bond motifs is 1. The first-order chi connectivity index (χ1) is 18.6. The molecule has 0 aliphatic carbocycles. The summed E-state index contributed by atoms with van der Waals surface area (Å²) in [5.74, 6) is -0.644. The average molecular weight is 541 g/mol.